The zero-order chi connectivity index (χ0) is 16.0. The van der Waals surface area contributed by atoms with Crippen LogP contribution in [0.25, 0.3) is 0 Å². The second-order valence-electron chi connectivity index (χ2n) is 5.37. The standard InChI is InChI=1S/C15H22N2O4/c1-10-5-6-12(7-11(10)2)17-14(19)13(18)16-8-15(3,20)9-21-4/h5-7,20H,8-9H2,1-4H3,(H,16,18)(H,17,19). The van der Waals surface area contributed by atoms with E-state index in [2.05, 4.69) is 10.6 Å². The van der Waals surface area contributed by atoms with Crippen molar-refractivity contribution in [1.29, 1.82) is 0 Å². The largest absolute Gasteiger partial charge is 0.386 e. The maximum Gasteiger partial charge on any atom is 0.313 e. The lowest BCUT2D eigenvalue weighted by Gasteiger charge is -2.22. The summed E-state index contributed by atoms with van der Waals surface area (Å²) < 4.78 is 4.82. The number of hydrogen-bond donors (Lipinski definition) is 3. The Hall–Kier alpha value is -1.92. The Morgan fingerprint density at radius 1 is 1.24 bits per heavy atom. The number of nitrogens with one attached hydrogen (secondary N) is 2. The number of rotatable bonds is 5. The Morgan fingerprint density at radius 3 is 2.48 bits per heavy atom. The molecule has 1 atom stereocenters. The average Bonchev–Trinajstić information content (AvgIpc) is 2.40. The Kier molecular flexibility index (Phi) is 5.87. The number of methoxy groups -OCH3 is 1. The van der Waals surface area contributed by atoms with Crippen molar-refractivity contribution in [3.63, 3.8) is 0 Å². The maximum atomic E-state index is 11.7. The number of benzene rings is 1. The molecule has 0 bridgehead atoms. The third-order valence-electron chi connectivity index (χ3n) is 3.06. The molecule has 1 unspecified atom stereocenters. The van der Waals surface area contributed by atoms with E-state index in [9.17, 15) is 14.7 Å². The number of carbonyl (C=O) groups is 2. The third-order valence-corrected chi connectivity index (χ3v) is 3.06. The van der Waals surface area contributed by atoms with Crippen LogP contribution in [0.5, 0.6) is 0 Å². The zero-order valence-corrected chi connectivity index (χ0v) is 12.8. The van der Waals surface area contributed by atoms with Gasteiger partial charge in [-0.2, -0.15) is 0 Å². The highest BCUT2D eigenvalue weighted by Gasteiger charge is 2.23. The van der Waals surface area contributed by atoms with Crippen LogP contribution in [-0.2, 0) is 14.3 Å². The van der Waals surface area contributed by atoms with E-state index in [1.807, 2.05) is 19.9 Å². The van der Waals surface area contributed by atoms with E-state index in [0.29, 0.717) is 5.69 Å². The van der Waals surface area contributed by atoms with E-state index in [-0.39, 0.29) is 13.2 Å². The summed E-state index contributed by atoms with van der Waals surface area (Å²) in [5.41, 5.74) is 1.47. The molecule has 0 aliphatic heterocycles. The summed E-state index contributed by atoms with van der Waals surface area (Å²) in [6.07, 6.45) is 0. The van der Waals surface area contributed by atoms with Gasteiger partial charge >= 0.3 is 11.8 Å². The molecule has 0 aromatic heterocycles. The molecule has 1 aromatic carbocycles. The normalized spacial score (nSPS) is 13.4. The van der Waals surface area contributed by atoms with Crippen LogP contribution in [-0.4, -0.2) is 42.8 Å². The molecule has 0 fully saturated rings. The zero-order valence-electron chi connectivity index (χ0n) is 12.8. The van der Waals surface area contributed by atoms with Crippen molar-refractivity contribution < 1.29 is 19.4 Å². The molecule has 3 N–H and O–H groups in total. The molecule has 6 nitrogen and oxygen atoms in total. The number of hydrogen-bond acceptors (Lipinski definition) is 4. The van der Waals surface area contributed by atoms with Gasteiger partial charge in [-0.25, -0.2) is 0 Å². The van der Waals surface area contributed by atoms with Gasteiger partial charge < -0.3 is 20.5 Å². The van der Waals surface area contributed by atoms with Gasteiger partial charge in [-0.3, -0.25) is 9.59 Å². The summed E-state index contributed by atoms with van der Waals surface area (Å²) in [5.74, 6) is -1.57. The van der Waals surface area contributed by atoms with E-state index >= 15 is 0 Å². The summed E-state index contributed by atoms with van der Waals surface area (Å²) in [6, 6.07) is 5.39. The summed E-state index contributed by atoms with van der Waals surface area (Å²) in [5, 5.41) is 14.7. The van der Waals surface area contributed by atoms with Gasteiger partial charge in [-0.05, 0) is 44.0 Å². The first kappa shape index (κ1) is 17.1. The molecular formula is C15H22N2O4. The smallest absolute Gasteiger partial charge is 0.313 e. The molecule has 21 heavy (non-hydrogen) atoms. The van der Waals surface area contributed by atoms with Gasteiger partial charge in [-0.1, -0.05) is 6.07 Å². The van der Waals surface area contributed by atoms with Crippen molar-refractivity contribution in [2.45, 2.75) is 26.4 Å². The minimum Gasteiger partial charge on any atom is -0.386 e. The van der Waals surface area contributed by atoms with Crippen molar-refractivity contribution in [3.8, 4) is 0 Å². The first-order valence-corrected chi connectivity index (χ1v) is 6.63. The first-order chi connectivity index (χ1) is 9.75. The van der Waals surface area contributed by atoms with Crippen molar-refractivity contribution in [1.82, 2.24) is 5.32 Å². The predicted octanol–water partition coefficient (Wildman–Crippen LogP) is 0.756. The van der Waals surface area contributed by atoms with Crippen LogP contribution in [0, 0.1) is 13.8 Å². The summed E-state index contributed by atoms with van der Waals surface area (Å²) in [7, 11) is 1.45. The molecule has 0 radical (unpaired) electrons. The highest BCUT2D eigenvalue weighted by atomic mass is 16.5. The Morgan fingerprint density at radius 2 is 1.90 bits per heavy atom. The van der Waals surface area contributed by atoms with E-state index in [0.717, 1.165) is 11.1 Å². The number of ether oxygens (including phenoxy) is 1. The first-order valence-electron chi connectivity index (χ1n) is 6.63. The maximum absolute atomic E-state index is 11.7. The van der Waals surface area contributed by atoms with Gasteiger partial charge in [0.15, 0.2) is 0 Å². The van der Waals surface area contributed by atoms with Gasteiger partial charge in [0.2, 0.25) is 0 Å². The van der Waals surface area contributed by atoms with Gasteiger partial charge in [-0.15, -0.1) is 0 Å². The number of carbonyl (C=O) groups excluding carboxylic acids is 2. The fourth-order valence-corrected chi connectivity index (χ4v) is 1.72. The quantitative estimate of drug-likeness (QED) is 0.700. The topological polar surface area (TPSA) is 87.7 Å². The number of anilines is 1. The second-order valence-corrected chi connectivity index (χ2v) is 5.37. The summed E-state index contributed by atoms with van der Waals surface area (Å²) in [6.45, 7) is 5.39. The summed E-state index contributed by atoms with van der Waals surface area (Å²) in [4.78, 5) is 23.4. The second kappa shape index (κ2) is 7.19. The number of aliphatic hydroxyl groups is 1. The SMILES string of the molecule is COCC(C)(O)CNC(=O)C(=O)Nc1ccc(C)c(C)c1. The van der Waals surface area contributed by atoms with E-state index < -0.39 is 17.4 Å². The Balaban J connectivity index is 2.55. The van der Waals surface area contributed by atoms with Crippen molar-refractivity contribution in [3.05, 3.63) is 29.3 Å². The number of aryl methyl sites for hydroxylation is 2. The Labute approximate surface area is 124 Å². The number of amides is 2. The van der Waals surface area contributed by atoms with Crippen molar-refractivity contribution in [2.75, 3.05) is 25.6 Å². The Bertz CT molecular complexity index is 526. The molecule has 0 heterocycles. The summed E-state index contributed by atoms with van der Waals surface area (Å²) >= 11 is 0. The monoisotopic (exact) mass is 294 g/mol. The van der Waals surface area contributed by atoms with Gasteiger partial charge in [0.25, 0.3) is 0 Å². The van der Waals surface area contributed by atoms with E-state index in [4.69, 9.17) is 4.74 Å². The van der Waals surface area contributed by atoms with Crippen LogP contribution in [0.2, 0.25) is 0 Å². The molecule has 0 spiro atoms. The molecule has 2 amide bonds. The van der Waals surface area contributed by atoms with Crippen molar-refractivity contribution in [2.24, 2.45) is 0 Å². The molecule has 0 saturated heterocycles. The van der Waals surface area contributed by atoms with Crippen LogP contribution in [0.3, 0.4) is 0 Å². The van der Waals surface area contributed by atoms with E-state index in [1.54, 1.807) is 12.1 Å². The fourth-order valence-electron chi connectivity index (χ4n) is 1.72. The predicted molar refractivity (Wildman–Crippen MR) is 80.1 cm³/mol. The van der Waals surface area contributed by atoms with Crippen LogP contribution in [0.15, 0.2) is 18.2 Å². The molecule has 0 aliphatic carbocycles. The highest BCUT2D eigenvalue weighted by Crippen LogP contribution is 2.13. The van der Waals surface area contributed by atoms with Crippen LogP contribution in [0.1, 0.15) is 18.1 Å². The van der Waals surface area contributed by atoms with Crippen LogP contribution in [0.4, 0.5) is 5.69 Å². The highest BCUT2D eigenvalue weighted by molar-refractivity contribution is 6.39. The van der Waals surface area contributed by atoms with E-state index in [1.165, 1.54) is 14.0 Å². The van der Waals surface area contributed by atoms with Gasteiger partial charge in [0, 0.05) is 19.3 Å². The molecule has 6 heteroatoms. The van der Waals surface area contributed by atoms with Gasteiger partial charge in [0.1, 0.15) is 5.60 Å². The average molecular weight is 294 g/mol. The molecular weight excluding hydrogens is 272 g/mol. The third kappa shape index (κ3) is 5.53. The van der Waals surface area contributed by atoms with Crippen molar-refractivity contribution >= 4 is 17.5 Å². The lowest BCUT2D eigenvalue weighted by atomic mass is 10.1. The van der Waals surface area contributed by atoms with Gasteiger partial charge in [0.05, 0.1) is 6.61 Å². The molecule has 0 aliphatic rings. The molecule has 1 rings (SSSR count). The molecule has 0 saturated carbocycles. The minimum absolute atomic E-state index is 0.0616. The molecule has 116 valence electrons. The lowest BCUT2D eigenvalue weighted by molar-refractivity contribution is -0.137. The fraction of sp³-hybridized carbons (Fsp3) is 0.467. The molecule has 1 aromatic rings. The van der Waals surface area contributed by atoms with Crippen LogP contribution >= 0.6 is 0 Å². The van der Waals surface area contributed by atoms with Crippen LogP contribution < -0.4 is 10.6 Å². The lowest BCUT2D eigenvalue weighted by Crippen LogP contribution is -2.46. The minimum atomic E-state index is -1.22.